The first-order chi connectivity index (χ1) is 13.5. The number of benzene rings is 2. The van der Waals surface area contributed by atoms with Crippen LogP contribution >= 0.6 is 11.8 Å². The number of carbonyl (C=O) groups is 2. The molecule has 8 heteroatoms. The van der Waals surface area contributed by atoms with E-state index in [1.807, 2.05) is 41.7 Å². The van der Waals surface area contributed by atoms with Gasteiger partial charge in [0.05, 0.1) is 16.8 Å². The second-order valence-corrected chi connectivity index (χ2v) is 7.19. The maximum atomic E-state index is 12.3. The van der Waals surface area contributed by atoms with Crippen LogP contribution in [0.25, 0.3) is 16.6 Å². The quantitative estimate of drug-likeness (QED) is 0.504. The van der Waals surface area contributed by atoms with E-state index in [9.17, 15) is 9.59 Å². The molecule has 0 saturated carbocycles. The zero-order valence-electron chi connectivity index (χ0n) is 14.9. The third-order valence-electron chi connectivity index (χ3n) is 4.30. The number of carbonyl (C=O) groups excluding carboxylic acids is 1. The van der Waals surface area contributed by atoms with Gasteiger partial charge in [-0.25, -0.2) is 4.79 Å². The number of anilines is 1. The Morgan fingerprint density at radius 3 is 2.75 bits per heavy atom. The molecule has 0 saturated heterocycles. The zero-order valence-corrected chi connectivity index (χ0v) is 15.7. The number of nitrogens with one attached hydrogen (secondary N) is 1. The number of carboxylic acids is 1. The van der Waals surface area contributed by atoms with E-state index in [2.05, 4.69) is 15.5 Å². The Balaban J connectivity index is 1.54. The van der Waals surface area contributed by atoms with E-state index in [0.29, 0.717) is 10.8 Å². The lowest BCUT2D eigenvalue weighted by Crippen LogP contribution is -2.14. The number of aryl methyl sites for hydroxylation is 1. The fourth-order valence-electron chi connectivity index (χ4n) is 3.03. The van der Waals surface area contributed by atoms with Gasteiger partial charge >= 0.3 is 5.97 Å². The number of carboxylic acid groups (broad SMARTS) is 1. The fraction of sp³-hybridized carbons (Fsp3) is 0.100. The van der Waals surface area contributed by atoms with Gasteiger partial charge in [0.1, 0.15) is 0 Å². The Hall–Kier alpha value is -3.39. The van der Waals surface area contributed by atoms with E-state index in [-0.39, 0.29) is 17.2 Å². The molecule has 1 amide bonds. The number of para-hydroxylation sites is 1. The molecule has 2 aromatic carbocycles. The van der Waals surface area contributed by atoms with Gasteiger partial charge in [-0.05, 0) is 42.8 Å². The molecule has 4 rings (SSSR count). The van der Waals surface area contributed by atoms with Gasteiger partial charge in [0.15, 0.2) is 10.8 Å². The van der Waals surface area contributed by atoms with Crippen molar-refractivity contribution in [1.82, 2.24) is 14.6 Å². The lowest BCUT2D eigenvalue weighted by atomic mass is 10.1. The number of pyridine rings is 1. The zero-order chi connectivity index (χ0) is 19.7. The first-order valence-corrected chi connectivity index (χ1v) is 9.51. The number of rotatable bonds is 5. The topological polar surface area (TPSA) is 96.6 Å². The second kappa shape index (κ2) is 7.32. The van der Waals surface area contributed by atoms with Crippen LogP contribution < -0.4 is 5.32 Å². The van der Waals surface area contributed by atoms with E-state index in [4.69, 9.17) is 5.11 Å². The fourth-order valence-corrected chi connectivity index (χ4v) is 3.78. The van der Waals surface area contributed by atoms with Crippen molar-refractivity contribution < 1.29 is 14.7 Å². The van der Waals surface area contributed by atoms with Crippen LogP contribution in [0.3, 0.4) is 0 Å². The lowest BCUT2D eigenvalue weighted by Gasteiger charge is -2.08. The number of amides is 1. The maximum Gasteiger partial charge on any atom is 0.335 e. The lowest BCUT2D eigenvalue weighted by molar-refractivity contribution is -0.113. The minimum Gasteiger partial charge on any atom is -0.478 e. The van der Waals surface area contributed by atoms with Gasteiger partial charge in [-0.3, -0.25) is 9.20 Å². The van der Waals surface area contributed by atoms with E-state index in [1.165, 1.54) is 23.9 Å². The minimum atomic E-state index is -1.04. The maximum absolute atomic E-state index is 12.3. The molecule has 7 nitrogen and oxygen atoms in total. The Labute approximate surface area is 164 Å². The standard InChI is InChI=1S/C20H16N4O3S/c1-12-9-17-22-23-20(24(17)16-8-3-2-7-15(12)16)28-11-18(25)21-14-6-4-5-13(10-14)19(26)27/h2-10H,11H2,1H3,(H,21,25)(H,26,27). The van der Waals surface area contributed by atoms with Crippen LogP contribution in [0.2, 0.25) is 0 Å². The van der Waals surface area contributed by atoms with Crippen LogP contribution in [-0.4, -0.2) is 37.3 Å². The molecule has 0 unspecified atom stereocenters. The highest BCUT2D eigenvalue weighted by Crippen LogP contribution is 2.25. The summed E-state index contributed by atoms with van der Waals surface area (Å²) in [5.74, 6) is -1.16. The SMILES string of the molecule is Cc1cc2nnc(SCC(=O)Nc3cccc(C(=O)O)c3)n2c2ccccc12. The summed E-state index contributed by atoms with van der Waals surface area (Å²) in [6.07, 6.45) is 0. The molecule has 0 radical (unpaired) electrons. The predicted molar refractivity (Wildman–Crippen MR) is 108 cm³/mol. The third kappa shape index (κ3) is 3.41. The van der Waals surface area contributed by atoms with Gasteiger partial charge < -0.3 is 10.4 Å². The first-order valence-electron chi connectivity index (χ1n) is 8.52. The number of hydrogen-bond acceptors (Lipinski definition) is 5. The number of hydrogen-bond donors (Lipinski definition) is 2. The molecule has 2 heterocycles. The van der Waals surface area contributed by atoms with E-state index in [1.54, 1.807) is 12.1 Å². The molecular formula is C20H16N4O3S. The molecule has 0 atom stereocenters. The highest BCUT2D eigenvalue weighted by atomic mass is 32.2. The number of thioether (sulfide) groups is 1. The molecule has 2 N–H and O–H groups in total. The largest absolute Gasteiger partial charge is 0.478 e. The molecule has 0 bridgehead atoms. The molecule has 28 heavy (non-hydrogen) atoms. The van der Waals surface area contributed by atoms with Crippen molar-refractivity contribution >= 4 is 45.9 Å². The highest BCUT2D eigenvalue weighted by Gasteiger charge is 2.13. The highest BCUT2D eigenvalue weighted by molar-refractivity contribution is 7.99. The molecule has 0 aliphatic rings. The third-order valence-corrected chi connectivity index (χ3v) is 5.23. The number of nitrogens with zero attached hydrogens (tertiary/aromatic N) is 3. The second-order valence-electron chi connectivity index (χ2n) is 6.24. The van der Waals surface area contributed by atoms with Crippen LogP contribution in [0.5, 0.6) is 0 Å². The van der Waals surface area contributed by atoms with Gasteiger partial charge in [0.2, 0.25) is 5.91 Å². The number of aromatic carboxylic acids is 1. The van der Waals surface area contributed by atoms with Crippen LogP contribution in [-0.2, 0) is 4.79 Å². The summed E-state index contributed by atoms with van der Waals surface area (Å²) in [6.45, 7) is 2.03. The van der Waals surface area contributed by atoms with E-state index in [0.717, 1.165) is 22.1 Å². The van der Waals surface area contributed by atoms with Gasteiger partial charge in [0.25, 0.3) is 0 Å². The van der Waals surface area contributed by atoms with E-state index < -0.39 is 5.97 Å². The van der Waals surface area contributed by atoms with Crippen LogP contribution in [0.15, 0.2) is 59.8 Å². The van der Waals surface area contributed by atoms with Crippen molar-refractivity contribution in [2.45, 2.75) is 12.1 Å². The Morgan fingerprint density at radius 1 is 1.11 bits per heavy atom. The summed E-state index contributed by atoms with van der Waals surface area (Å²) in [5, 5.41) is 21.9. The van der Waals surface area contributed by atoms with Crippen molar-refractivity contribution in [3.63, 3.8) is 0 Å². The Morgan fingerprint density at radius 2 is 1.93 bits per heavy atom. The summed E-state index contributed by atoms with van der Waals surface area (Å²) in [5.41, 5.74) is 3.39. The normalized spacial score (nSPS) is 11.0. The first kappa shape index (κ1) is 18.0. The van der Waals surface area contributed by atoms with Crippen LogP contribution in [0, 0.1) is 6.92 Å². The molecular weight excluding hydrogens is 376 g/mol. The number of fused-ring (bicyclic) bond motifs is 3. The smallest absolute Gasteiger partial charge is 0.335 e. The van der Waals surface area contributed by atoms with Gasteiger partial charge in [-0.15, -0.1) is 10.2 Å². The van der Waals surface area contributed by atoms with Crippen molar-refractivity contribution in [2.24, 2.45) is 0 Å². The molecule has 140 valence electrons. The van der Waals surface area contributed by atoms with Gasteiger partial charge in [0, 0.05) is 11.1 Å². The van der Waals surface area contributed by atoms with Crippen LogP contribution in [0.1, 0.15) is 15.9 Å². The molecule has 0 spiro atoms. The summed E-state index contributed by atoms with van der Waals surface area (Å²) in [4.78, 5) is 23.3. The molecule has 4 aromatic rings. The average molecular weight is 392 g/mol. The monoisotopic (exact) mass is 392 g/mol. The van der Waals surface area contributed by atoms with Crippen molar-refractivity contribution in [2.75, 3.05) is 11.1 Å². The summed E-state index contributed by atoms with van der Waals surface area (Å²) < 4.78 is 1.94. The summed E-state index contributed by atoms with van der Waals surface area (Å²) in [7, 11) is 0. The molecule has 2 aromatic heterocycles. The van der Waals surface area contributed by atoms with Crippen molar-refractivity contribution in [3.05, 3.63) is 65.7 Å². The summed E-state index contributed by atoms with van der Waals surface area (Å²) in [6, 6.07) is 16.1. The Bertz CT molecular complexity index is 1220. The molecule has 0 fully saturated rings. The van der Waals surface area contributed by atoms with Gasteiger partial charge in [-0.2, -0.15) is 0 Å². The Kier molecular flexibility index (Phi) is 4.70. The molecule has 0 aliphatic carbocycles. The van der Waals surface area contributed by atoms with Crippen LogP contribution in [0.4, 0.5) is 5.69 Å². The summed E-state index contributed by atoms with van der Waals surface area (Å²) >= 11 is 1.28. The van der Waals surface area contributed by atoms with Crippen molar-refractivity contribution in [1.29, 1.82) is 0 Å². The average Bonchev–Trinajstić information content (AvgIpc) is 3.09. The number of aromatic nitrogens is 3. The molecule has 0 aliphatic heterocycles. The predicted octanol–water partition coefficient (Wildman–Crippen LogP) is 3.62. The van der Waals surface area contributed by atoms with E-state index >= 15 is 0 Å². The van der Waals surface area contributed by atoms with Gasteiger partial charge in [-0.1, -0.05) is 36.0 Å². The van der Waals surface area contributed by atoms with Crippen molar-refractivity contribution in [3.8, 4) is 0 Å². The minimum absolute atomic E-state index is 0.121.